The Bertz CT molecular complexity index is 1040. The molecule has 0 atom stereocenters. The van der Waals surface area contributed by atoms with E-state index < -0.39 is 5.91 Å². The summed E-state index contributed by atoms with van der Waals surface area (Å²) in [6, 6.07) is 13.4. The summed E-state index contributed by atoms with van der Waals surface area (Å²) in [6.07, 6.45) is 4.37. The molecule has 3 N–H and O–H groups in total. The highest BCUT2D eigenvalue weighted by molar-refractivity contribution is 5.94. The number of hydrogen-bond donors (Lipinski definition) is 2. The van der Waals surface area contributed by atoms with Gasteiger partial charge in [-0.3, -0.25) is 9.59 Å². The largest absolute Gasteiger partial charge is 0.457 e. The summed E-state index contributed by atoms with van der Waals surface area (Å²) in [5, 5.41) is 11.4. The van der Waals surface area contributed by atoms with Crippen molar-refractivity contribution in [2.75, 3.05) is 0 Å². The number of nitrogens with one attached hydrogen (secondary N) is 1. The first-order valence-corrected chi connectivity index (χ1v) is 9.97. The fraction of sp³-hybridized carbons (Fsp3) is 0.273. The molecule has 2 aromatic carbocycles. The summed E-state index contributed by atoms with van der Waals surface area (Å²) in [5.74, 6) is 2.28. The molecule has 1 aliphatic rings. The number of rotatable bonds is 6. The van der Waals surface area contributed by atoms with E-state index in [1.807, 2.05) is 0 Å². The number of nitrogens with zero attached hydrogens (tertiary/aromatic N) is 3. The van der Waals surface area contributed by atoms with Crippen LogP contribution in [0, 0.1) is 0 Å². The molecule has 154 valence electrons. The average Bonchev–Trinajstić information content (AvgIpc) is 2.99. The van der Waals surface area contributed by atoms with E-state index >= 15 is 0 Å². The molecule has 0 unspecified atom stereocenters. The third-order valence-electron chi connectivity index (χ3n) is 5.08. The van der Waals surface area contributed by atoms with Gasteiger partial charge in [0.15, 0.2) is 5.82 Å². The number of fused-ring (bicyclic) bond motifs is 1. The number of amides is 2. The Labute approximate surface area is 174 Å². The first-order valence-electron chi connectivity index (χ1n) is 9.97. The smallest absolute Gasteiger partial charge is 0.251 e. The zero-order valence-corrected chi connectivity index (χ0v) is 16.5. The zero-order valence-electron chi connectivity index (χ0n) is 16.5. The molecule has 3 aromatic rings. The van der Waals surface area contributed by atoms with Crippen molar-refractivity contribution >= 4 is 11.8 Å². The SMILES string of the molecule is NC(=O)c1ccc(Oc2ccc(C(=O)NCc3nnc4n3CCCCC4)cc2)cc1. The van der Waals surface area contributed by atoms with Crippen LogP contribution in [-0.2, 0) is 19.5 Å². The van der Waals surface area contributed by atoms with E-state index in [4.69, 9.17) is 10.5 Å². The van der Waals surface area contributed by atoms with Crippen LogP contribution in [0.1, 0.15) is 51.6 Å². The standard InChI is InChI=1S/C22H23N5O3/c23-21(28)15-5-9-17(10-6-15)30-18-11-7-16(8-12-18)22(29)24-14-20-26-25-19-4-2-1-3-13-27(19)20/h5-12H,1-4,13-14H2,(H2,23,28)(H,24,29). The molecule has 8 nitrogen and oxygen atoms in total. The van der Waals surface area contributed by atoms with Crippen LogP contribution in [0.25, 0.3) is 0 Å². The lowest BCUT2D eigenvalue weighted by Gasteiger charge is -2.09. The Morgan fingerprint density at radius 3 is 2.27 bits per heavy atom. The summed E-state index contributed by atoms with van der Waals surface area (Å²) >= 11 is 0. The first-order chi connectivity index (χ1) is 14.6. The molecule has 0 aliphatic carbocycles. The minimum Gasteiger partial charge on any atom is -0.457 e. The maximum atomic E-state index is 12.5. The van der Waals surface area contributed by atoms with Gasteiger partial charge in [-0.25, -0.2) is 0 Å². The molecular weight excluding hydrogens is 382 g/mol. The Morgan fingerprint density at radius 2 is 1.60 bits per heavy atom. The molecule has 0 saturated carbocycles. The number of carbonyl (C=O) groups is 2. The third kappa shape index (κ3) is 4.48. The summed E-state index contributed by atoms with van der Waals surface area (Å²) < 4.78 is 7.85. The fourth-order valence-corrected chi connectivity index (χ4v) is 3.44. The van der Waals surface area contributed by atoms with E-state index in [1.54, 1.807) is 48.5 Å². The Kier molecular flexibility index (Phi) is 5.74. The van der Waals surface area contributed by atoms with Crippen LogP contribution in [-0.4, -0.2) is 26.6 Å². The van der Waals surface area contributed by atoms with Crippen molar-refractivity contribution in [2.24, 2.45) is 5.73 Å². The van der Waals surface area contributed by atoms with Gasteiger partial charge in [0.1, 0.15) is 17.3 Å². The molecule has 2 amide bonds. The second-order valence-electron chi connectivity index (χ2n) is 7.19. The van der Waals surface area contributed by atoms with E-state index in [0.29, 0.717) is 29.2 Å². The molecule has 0 fully saturated rings. The Hall–Kier alpha value is -3.68. The lowest BCUT2D eigenvalue weighted by atomic mass is 10.2. The molecule has 1 aromatic heterocycles. The van der Waals surface area contributed by atoms with Gasteiger partial charge >= 0.3 is 0 Å². The highest BCUT2D eigenvalue weighted by atomic mass is 16.5. The fourth-order valence-electron chi connectivity index (χ4n) is 3.44. The summed E-state index contributed by atoms with van der Waals surface area (Å²) in [7, 11) is 0. The Morgan fingerprint density at radius 1 is 0.933 bits per heavy atom. The quantitative estimate of drug-likeness (QED) is 0.655. The van der Waals surface area contributed by atoms with Crippen LogP contribution >= 0.6 is 0 Å². The van der Waals surface area contributed by atoms with Crippen LogP contribution in [0.15, 0.2) is 48.5 Å². The molecule has 2 heterocycles. The maximum Gasteiger partial charge on any atom is 0.251 e. The van der Waals surface area contributed by atoms with Gasteiger partial charge in [-0.1, -0.05) is 6.42 Å². The number of ether oxygens (including phenoxy) is 1. The van der Waals surface area contributed by atoms with Crippen LogP contribution in [0.2, 0.25) is 0 Å². The van der Waals surface area contributed by atoms with Crippen LogP contribution in [0.4, 0.5) is 0 Å². The van der Waals surface area contributed by atoms with Crippen LogP contribution in [0.5, 0.6) is 11.5 Å². The van der Waals surface area contributed by atoms with Crippen molar-refractivity contribution < 1.29 is 14.3 Å². The van der Waals surface area contributed by atoms with Crippen molar-refractivity contribution in [2.45, 2.75) is 38.8 Å². The number of primary amides is 1. The van der Waals surface area contributed by atoms with Gasteiger partial charge in [-0.2, -0.15) is 0 Å². The number of benzene rings is 2. The molecule has 4 rings (SSSR count). The second kappa shape index (κ2) is 8.77. The van der Waals surface area contributed by atoms with Gasteiger partial charge < -0.3 is 20.4 Å². The molecule has 0 spiro atoms. The van der Waals surface area contributed by atoms with Crippen LogP contribution < -0.4 is 15.8 Å². The normalized spacial score (nSPS) is 13.2. The van der Waals surface area contributed by atoms with Gasteiger partial charge in [0, 0.05) is 24.1 Å². The van der Waals surface area contributed by atoms with Crippen molar-refractivity contribution in [3.63, 3.8) is 0 Å². The van der Waals surface area contributed by atoms with Gasteiger partial charge in [-0.05, 0) is 61.4 Å². The highest BCUT2D eigenvalue weighted by Gasteiger charge is 2.15. The van der Waals surface area contributed by atoms with Crippen molar-refractivity contribution in [1.29, 1.82) is 0 Å². The number of nitrogens with two attached hydrogens (primary N) is 1. The van der Waals surface area contributed by atoms with Gasteiger partial charge in [0.05, 0.1) is 6.54 Å². The molecule has 0 bridgehead atoms. The average molecular weight is 405 g/mol. The van der Waals surface area contributed by atoms with E-state index in [2.05, 4.69) is 20.1 Å². The second-order valence-corrected chi connectivity index (χ2v) is 7.19. The molecule has 30 heavy (non-hydrogen) atoms. The predicted molar refractivity (Wildman–Crippen MR) is 110 cm³/mol. The molecule has 1 aliphatic heterocycles. The summed E-state index contributed by atoms with van der Waals surface area (Å²) in [6.45, 7) is 1.25. The van der Waals surface area contributed by atoms with E-state index in [0.717, 1.165) is 37.5 Å². The highest BCUT2D eigenvalue weighted by Crippen LogP contribution is 2.22. The van der Waals surface area contributed by atoms with Crippen molar-refractivity contribution in [3.8, 4) is 11.5 Å². The lowest BCUT2D eigenvalue weighted by Crippen LogP contribution is -2.25. The van der Waals surface area contributed by atoms with Crippen LogP contribution in [0.3, 0.4) is 0 Å². The van der Waals surface area contributed by atoms with Gasteiger partial charge in [0.2, 0.25) is 5.91 Å². The van der Waals surface area contributed by atoms with Gasteiger partial charge in [0.25, 0.3) is 5.91 Å². The molecule has 0 saturated heterocycles. The molecule has 8 heteroatoms. The van der Waals surface area contributed by atoms with E-state index in [9.17, 15) is 9.59 Å². The number of aromatic nitrogens is 3. The molecule has 0 radical (unpaired) electrons. The number of aryl methyl sites for hydroxylation is 1. The van der Waals surface area contributed by atoms with Crippen molar-refractivity contribution in [3.05, 3.63) is 71.3 Å². The topological polar surface area (TPSA) is 112 Å². The minimum absolute atomic E-state index is 0.182. The predicted octanol–water partition coefficient (Wildman–Crippen LogP) is 2.83. The Balaban J connectivity index is 1.35. The lowest BCUT2D eigenvalue weighted by molar-refractivity contribution is 0.0948. The summed E-state index contributed by atoms with van der Waals surface area (Å²) in [5.41, 5.74) is 6.18. The van der Waals surface area contributed by atoms with Crippen molar-refractivity contribution in [1.82, 2.24) is 20.1 Å². The summed E-state index contributed by atoms with van der Waals surface area (Å²) in [4.78, 5) is 23.6. The number of carbonyl (C=O) groups excluding carboxylic acids is 2. The molecular formula is C22H23N5O3. The monoisotopic (exact) mass is 405 g/mol. The third-order valence-corrected chi connectivity index (χ3v) is 5.08. The zero-order chi connectivity index (χ0) is 20.9. The van der Waals surface area contributed by atoms with Gasteiger partial charge in [-0.15, -0.1) is 10.2 Å². The van der Waals surface area contributed by atoms with E-state index in [-0.39, 0.29) is 5.91 Å². The maximum absolute atomic E-state index is 12.5. The first kappa shape index (κ1) is 19.6. The number of hydrogen-bond acceptors (Lipinski definition) is 5. The van der Waals surface area contributed by atoms with E-state index in [1.165, 1.54) is 6.42 Å². The minimum atomic E-state index is -0.487.